The summed E-state index contributed by atoms with van der Waals surface area (Å²) in [5, 5.41) is 7.37. The Hall–Kier alpha value is -0.420. The van der Waals surface area contributed by atoms with Crippen molar-refractivity contribution < 1.29 is 4.74 Å². The molecule has 1 saturated carbocycles. The van der Waals surface area contributed by atoms with Crippen LogP contribution in [0.15, 0.2) is 4.99 Å². The molecule has 0 bridgehead atoms. The van der Waals surface area contributed by atoms with Gasteiger partial charge in [0.2, 0.25) is 0 Å². The molecule has 0 aromatic carbocycles. The first-order chi connectivity index (χ1) is 9.65. The second-order valence-corrected chi connectivity index (χ2v) is 6.99. The van der Waals surface area contributed by atoms with Crippen molar-refractivity contribution in [3.8, 4) is 0 Å². The predicted molar refractivity (Wildman–Crippen MR) is 89.7 cm³/mol. The molecule has 0 radical (unpaired) electrons. The zero-order chi connectivity index (χ0) is 14.8. The zero-order valence-corrected chi connectivity index (χ0v) is 14.3. The van der Waals surface area contributed by atoms with Gasteiger partial charge in [0.25, 0.3) is 0 Å². The molecule has 0 amide bonds. The van der Waals surface area contributed by atoms with E-state index in [4.69, 9.17) is 9.73 Å². The van der Waals surface area contributed by atoms with Gasteiger partial charge in [-0.2, -0.15) is 11.8 Å². The van der Waals surface area contributed by atoms with E-state index in [0.717, 1.165) is 38.6 Å². The molecule has 20 heavy (non-hydrogen) atoms. The van der Waals surface area contributed by atoms with E-state index < -0.39 is 0 Å². The Bertz CT molecular complexity index is 293. The number of ether oxygens (including phenoxy) is 1. The van der Waals surface area contributed by atoms with Crippen LogP contribution in [0.4, 0.5) is 0 Å². The average molecular weight is 302 g/mol. The molecule has 0 aliphatic heterocycles. The maximum atomic E-state index is 5.24. The van der Waals surface area contributed by atoms with Crippen LogP contribution in [0, 0.1) is 5.41 Å². The van der Waals surface area contributed by atoms with Crippen molar-refractivity contribution in [2.45, 2.75) is 44.8 Å². The van der Waals surface area contributed by atoms with Gasteiger partial charge in [-0.1, -0.05) is 13.3 Å². The van der Waals surface area contributed by atoms with Crippen molar-refractivity contribution in [3.05, 3.63) is 0 Å². The number of guanidine groups is 1. The number of methoxy groups -OCH3 is 1. The van der Waals surface area contributed by atoms with Crippen LogP contribution in [-0.2, 0) is 4.74 Å². The molecule has 118 valence electrons. The van der Waals surface area contributed by atoms with Crippen molar-refractivity contribution >= 4 is 17.7 Å². The van der Waals surface area contributed by atoms with Crippen LogP contribution in [0.2, 0.25) is 0 Å². The molecular formula is C15H31N3OS. The van der Waals surface area contributed by atoms with Crippen molar-refractivity contribution in [1.82, 2.24) is 10.6 Å². The van der Waals surface area contributed by atoms with E-state index in [1.54, 1.807) is 7.11 Å². The third-order valence-corrected chi connectivity index (χ3v) is 5.10. The van der Waals surface area contributed by atoms with E-state index in [0.29, 0.717) is 10.7 Å². The van der Waals surface area contributed by atoms with Gasteiger partial charge in [0.05, 0.1) is 0 Å². The molecule has 1 unspecified atom stereocenters. The fourth-order valence-corrected chi connectivity index (χ4v) is 2.64. The lowest BCUT2D eigenvalue weighted by molar-refractivity contribution is 0.0778. The second kappa shape index (κ2) is 9.50. The summed E-state index contributed by atoms with van der Waals surface area (Å²) < 4.78 is 5.24. The van der Waals surface area contributed by atoms with Crippen LogP contribution in [-0.4, -0.2) is 50.8 Å². The zero-order valence-electron chi connectivity index (χ0n) is 13.5. The highest BCUT2D eigenvalue weighted by molar-refractivity contribution is 7.99. The molecule has 5 heteroatoms. The molecule has 0 aromatic rings. The summed E-state index contributed by atoms with van der Waals surface area (Å²) in [7, 11) is 1.78. The van der Waals surface area contributed by atoms with Crippen LogP contribution >= 0.6 is 11.8 Å². The van der Waals surface area contributed by atoms with Gasteiger partial charge in [-0.3, -0.25) is 4.99 Å². The third kappa shape index (κ3) is 5.92. The Balaban J connectivity index is 2.47. The van der Waals surface area contributed by atoms with Crippen molar-refractivity contribution in [1.29, 1.82) is 0 Å². The van der Waals surface area contributed by atoms with Gasteiger partial charge < -0.3 is 15.4 Å². The van der Waals surface area contributed by atoms with E-state index in [9.17, 15) is 0 Å². The topological polar surface area (TPSA) is 45.7 Å². The lowest BCUT2D eigenvalue weighted by Crippen LogP contribution is -2.42. The minimum atomic E-state index is 0.392. The van der Waals surface area contributed by atoms with Gasteiger partial charge in [0.15, 0.2) is 5.96 Å². The predicted octanol–water partition coefficient (Wildman–Crippen LogP) is 2.50. The number of nitrogens with one attached hydrogen (secondary N) is 2. The number of rotatable bonds is 9. The molecule has 0 spiro atoms. The molecule has 1 fully saturated rings. The summed E-state index contributed by atoms with van der Waals surface area (Å²) in [5.41, 5.74) is 0.392. The number of hydrogen-bond donors (Lipinski definition) is 2. The van der Waals surface area contributed by atoms with Crippen molar-refractivity contribution in [2.75, 3.05) is 39.6 Å². The van der Waals surface area contributed by atoms with E-state index in [1.807, 2.05) is 11.8 Å². The van der Waals surface area contributed by atoms with Crippen LogP contribution in [0.25, 0.3) is 0 Å². The Morgan fingerprint density at radius 1 is 1.40 bits per heavy atom. The Labute approximate surface area is 128 Å². The molecule has 1 atom stereocenters. The standard InChI is InChI=1S/C15H31N3OS/c1-5-16-14(17-11-13(2)20-4)18-12-15(7-6-8-15)9-10-19-3/h13H,5-12H2,1-4H3,(H2,16,17,18). The second-order valence-electron chi connectivity index (χ2n) is 5.72. The summed E-state index contributed by atoms with van der Waals surface area (Å²) in [6, 6.07) is 0. The van der Waals surface area contributed by atoms with Crippen LogP contribution in [0.1, 0.15) is 39.5 Å². The first kappa shape index (κ1) is 17.6. The Morgan fingerprint density at radius 2 is 2.15 bits per heavy atom. The van der Waals surface area contributed by atoms with E-state index >= 15 is 0 Å². The smallest absolute Gasteiger partial charge is 0.191 e. The van der Waals surface area contributed by atoms with E-state index in [2.05, 4.69) is 30.7 Å². The average Bonchev–Trinajstić information content (AvgIpc) is 2.42. The van der Waals surface area contributed by atoms with Gasteiger partial charge in [-0.05, 0) is 37.9 Å². The molecule has 0 saturated heterocycles. The van der Waals surface area contributed by atoms with Crippen molar-refractivity contribution in [2.24, 2.45) is 10.4 Å². The lowest BCUT2D eigenvalue weighted by atomic mass is 9.67. The van der Waals surface area contributed by atoms with Crippen molar-refractivity contribution in [3.63, 3.8) is 0 Å². The third-order valence-electron chi connectivity index (χ3n) is 4.13. The number of thioether (sulfide) groups is 1. The summed E-state index contributed by atoms with van der Waals surface area (Å²) in [6.07, 6.45) is 7.20. The van der Waals surface area contributed by atoms with Gasteiger partial charge in [0.1, 0.15) is 0 Å². The van der Waals surface area contributed by atoms with Crippen LogP contribution in [0.5, 0.6) is 0 Å². The molecule has 4 nitrogen and oxygen atoms in total. The summed E-state index contributed by atoms with van der Waals surface area (Å²) >= 11 is 1.87. The minimum Gasteiger partial charge on any atom is -0.385 e. The minimum absolute atomic E-state index is 0.392. The molecular weight excluding hydrogens is 270 g/mol. The summed E-state index contributed by atoms with van der Waals surface area (Å²) in [5.74, 6) is 0.956. The number of aliphatic imine (C=N–C) groups is 1. The quantitative estimate of drug-likeness (QED) is 0.507. The van der Waals surface area contributed by atoms with Crippen LogP contribution < -0.4 is 10.6 Å². The molecule has 1 rings (SSSR count). The molecule has 0 heterocycles. The Kier molecular flexibility index (Phi) is 8.38. The highest BCUT2D eigenvalue weighted by atomic mass is 32.2. The Morgan fingerprint density at radius 3 is 2.65 bits per heavy atom. The monoisotopic (exact) mass is 301 g/mol. The van der Waals surface area contributed by atoms with Gasteiger partial charge >= 0.3 is 0 Å². The first-order valence-corrected chi connectivity index (χ1v) is 8.98. The maximum Gasteiger partial charge on any atom is 0.191 e. The van der Waals surface area contributed by atoms with Gasteiger partial charge in [-0.15, -0.1) is 0 Å². The SMILES string of the molecule is CCNC(=NCC1(CCOC)CCC1)NCC(C)SC. The summed E-state index contributed by atoms with van der Waals surface area (Å²) in [6.45, 7) is 7.97. The molecule has 2 N–H and O–H groups in total. The fraction of sp³-hybridized carbons (Fsp3) is 0.933. The van der Waals surface area contributed by atoms with Gasteiger partial charge in [0, 0.05) is 38.6 Å². The van der Waals surface area contributed by atoms with E-state index in [1.165, 1.54) is 19.3 Å². The lowest BCUT2D eigenvalue weighted by Gasteiger charge is -2.40. The maximum absolute atomic E-state index is 5.24. The largest absolute Gasteiger partial charge is 0.385 e. The highest BCUT2D eigenvalue weighted by Crippen LogP contribution is 2.44. The normalized spacial score (nSPS) is 19.3. The molecule has 0 aromatic heterocycles. The van der Waals surface area contributed by atoms with Crippen LogP contribution in [0.3, 0.4) is 0 Å². The molecule has 1 aliphatic carbocycles. The number of hydrogen-bond acceptors (Lipinski definition) is 3. The van der Waals surface area contributed by atoms with Gasteiger partial charge in [-0.25, -0.2) is 0 Å². The van der Waals surface area contributed by atoms with E-state index in [-0.39, 0.29) is 0 Å². The highest BCUT2D eigenvalue weighted by Gasteiger charge is 2.36. The molecule has 1 aliphatic rings. The summed E-state index contributed by atoms with van der Waals surface area (Å²) in [4.78, 5) is 4.80. The number of nitrogens with zero attached hydrogens (tertiary/aromatic N) is 1. The fourth-order valence-electron chi connectivity index (χ4n) is 2.39. The first-order valence-electron chi connectivity index (χ1n) is 7.69.